The molecule has 0 aliphatic carbocycles. The molecule has 0 saturated heterocycles. The molecule has 0 aliphatic heterocycles. The summed E-state index contributed by atoms with van der Waals surface area (Å²) in [4.78, 5) is 10.5. The average molecular weight is 257 g/mol. The number of nitrogens with two attached hydrogens (primary N) is 1. The summed E-state index contributed by atoms with van der Waals surface area (Å²) in [5.41, 5.74) is 8.71. The summed E-state index contributed by atoms with van der Waals surface area (Å²) < 4.78 is 0. The Morgan fingerprint density at radius 1 is 1.21 bits per heavy atom. The summed E-state index contributed by atoms with van der Waals surface area (Å²) in [6.07, 6.45) is 0. The van der Waals surface area contributed by atoms with E-state index in [4.69, 9.17) is 5.73 Å². The molecule has 5 nitrogen and oxygen atoms in total. The van der Waals surface area contributed by atoms with Crippen molar-refractivity contribution in [3.05, 3.63) is 63.7 Å². The number of anilines is 2. The molecule has 0 atom stereocenters. The van der Waals surface area contributed by atoms with Gasteiger partial charge in [-0.2, -0.15) is 0 Å². The number of nitrogens with zero attached hydrogens (tertiary/aromatic N) is 1. The third-order valence-corrected chi connectivity index (χ3v) is 2.84. The fraction of sp³-hybridized carbons (Fsp3) is 0.143. The Labute approximate surface area is 111 Å². The molecule has 0 aromatic heterocycles. The maximum Gasteiger partial charge on any atom is 0.276 e. The Balaban J connectivity index is 2.15. The minimum absolute atomic E-state index is 0.0413. The smallest absolute Gasteiger partial charge is 0.276 e. The van der Waals surface area contributed by atoms with Gasteiger partial charge in [0, 0.05) is 29.5 Å². The Bertz CT molecular complexity index is 594. The Morgan fingerprint density at radius 2 is 1.89 bits per heavy atom. The van der Waals surface area contributed by atoms with Crippen LogP contribution in [0.25, 0.3) is 0 Å². The van der Waals surface area contributed by atoms with E-state index in [1.807, 2.05) is 31.2 Å². The number of benzene rings is 2. The van der Waals surface area contributed by atoms with Crippen LogP contribution < -0.4 is 11.1 Å². The van der Waals surface area contributed by atoms with Gasteiger partial charge in [0.15, 0.2) is 0 Å². The second kappa shape index (κ2) is 5.39. The summed E-state index contributed by atoms with van der Waals surface area (Å²) in [5, 5.41) is 14.1. The first-order valence-corrected chi connectivity index (χ1v) is 5.89. The molecule has 5 heteroatoms. The van der Waals surface area contributed by atoms with Crippen molar-refractivity contribution in [2.75, 3.05) is 11.1 Å². The summed E-state index contributed by atoms with van der Waals surface area (Å²) in [6.45, 7) is 2.40. The number of rotatable bonds is 4. The van der Waals surface area contributed by atoms with Crippen LogP contribution in [-0.2, 0) is 6.54 Å². The largest absolute Gasteiger partial charge is 0.399 e. The monoisotopic (exact) mass is 257 g/mol. The van der Waals surface area contributed by atoms with Crippen LogP contribution in [0.4, 0.5) is 17.1 Å². The Morgan fingerprint density at radius 3 is 2.53 bits per heavy atom. The van der Waals surface area contributed by atoms with Gasteiger partial charge in [-0.15, -0.1) is 0 Å². The first kappa shape index (κ1) is 12.9. The quantitative estimate of drug-likeness (QED) is 0.501. The van der Waals surface area contributed by atoms with Crippen molar-refractivity contribution in [3.63, 3.8) is 0 Å². The Hall–Kier alpha value is -2.56. The van der Waals surface area contributed by atoms with Gasteiger partial charge < -0.3 is 11.1 Å². The van der Waals surface area contributed by atoms with E-state index in [0.717, 1.165) is 5.69 Å². The number of hydrogen-bond acceptors (Lipinski definition) is 4. The number of nitrogens with one attached hydrogen (secondary N) is 1. The Kier molecular flexibility index (Phi) is 3.66. The van der Waals surface area contributed by atoms with E-state index >= 15 is 0 Å². The van der Waals surface area contributed by atoms with Crippen LogP contribution in [0.3, 0.4) is 0 Å². The van der Waals surface area contributed by atoms with Gasteiger partial charge in [0.1, 0.15) is 0 Å². The average Bonchev–Trinajstić information content (AvgIpc) is 2.39. The van der Waals surface area contributed by atoms with E-state index in [2.05, 4.69) is 5.32 Å². The fourth-order valence-corrected chi connectivity index (χ4v) is 1.77. The molecule has 0 heterocycles. The van der Waals surface area contributed by atoms with Crippen molar-refractivity contribution in [3.8, 4) is 0 Å². The van der Waals surface area contributed by atoms with Crippen LogP contribution in [0.5, 0.6) is 0 Å². The van der Waals surface area contributed by atoms with Crippen LogP contribution in [0, 0.1) is 17.0 Å². The molecule has 0 aliphatic rings. The lowest BCUT2D eigenvalue weighted by molar-refractivity contribution is -0.385. The third-order valence-electron chi connectivity index (χ3n) is 2.84. The van der Waals surface area contributed by atoms with E-state index in [0.29, 0.717) is 17.8 Å². The molecule has 0 bridgehead atoms. The molecule has 3 N–H and O–H groups in total. The lowest BCUT2D eigenvalue weighted by atomic mass is 10.1. The predicted molar refractivity (Wildman–Crippen MR) is 76.0 cm³/mol. The standard InChI is InChI=1S/C14H15N3O2/c1-10-2-6-13(7-3-10)16-9-11-4-5-12(15)8-14(11)17(18)19/h2-8,16H,9,15H2,1H3. The van der Waals surface area contributed by atoms with Gasteiger partial charge in [0.05, 0.1) is 4.92 Å². The van der Waals surface area contributed by atoms with Crippen molar-refractivity contribution in [2.24, 2.45) is 0 Å². The second-order valence-corrected chi connectivity index (χ2v) is 4.36. The first-order valence-electron chi connectivity index (χ1n) is 5.89. The molecule has 0 spiro atoms. The summed E-state index contributed by atoms with van der Waals surface area (Å²) in [6, 6.07) is 12.6. The van der Waals surface area contributed by atoms with Gasteiger partial charge in [0.25, 0.3) is 5.69 Å². The lowest BCUT2D eigenvalue weighted by Gasteiger charge is -2.08. The van der Waals surface area contributed by atoms with Gasteiger partial charge in [-0.3, -0.25) is 10.1 Å². The molecule has 19 heavy (non-hydrogen) atoms. The van der Waals surface area contributed by atoms with Crippen molar-refractivity contribution >= 4 is 17.1 Å². The highest BCUT2D eigenvalue weighted by atomic mass is 16.6. The zero-order chi connectivity index (χ0) is 13.8. The molecule has 2 aromatic rings. The number of nitrogen functional groups attached to an aromatic ring is 1. The molecule has 0 fully saturated rings. The molecule has 0 radical (unpaired) electrons. The molecule has 0 amide bonds. The summed E-state index contributed by atoms with van der Waals surface area (Å²) in [7, 11) is 0. The molecule has 0 unspecified atom stereocenters. The van der Waals surface area contributed by atoms with E-state index < -0.39 is 4.92 Å². The zero-order valence-electron chi connectivity index (χ0n) is 10.6. The normalized spacial score (nSPS) is 10.2. The van der Waals surface area contributed by atoms with Crippen LogP contribution in [-0.4, -0.2) is 4.92 Å². The van der Waals surface area contributed by atoms with E-state index in [1.165, 1.54) is 11.6 Å². The van der Waals surface area contributed by atoms with Crippen molar-refractivity contribution in [1.29, 1.82) is 0 Å². The van der Waals surface area contributed by atoms with Crippen LogP contribution in [0.15, 0.2) is 42.5 Å². The first-order chi connectivity index (χ1) is 9.06. The lowest BCUT2D eigenvalue weighted by Crippen LogP contribution is -2.03. The molecule has 0 saturated carbocycles. The van der Waals surface area contributed by atoms with E-state index in [9.17, 15) is 10.1 Å². The maximum atomic E-state index is 11.0. The fourth-order valence-electron chi connectivity index (χ4n) is 1.77. The number of hydrogen-bond donors (Lipinski definition) is 2. The SMILES string of the molecule is Cc1ccc(NCc2ccc(N)cc2[N+](=O)[O-])cc1. The number of nitro groups is 1. The third kappa shape index (κ3) is 3.22. The highest BCUT2D eigenvalue weighted by molar-refractivity contribution is 5.54. The second-order valence-electron chi connectivity index (χ2n) is 4.36. The maximum absolute atomic E-state index is 11.0. The minimum Gasteiger partial charge on any atom is -0.399 e. The molecule has 98 valence electrons. The van der Waals surface area contributed by atoms with Gasteiger partial charge in [-0.1, -0.05) is 17.7 Å². The van der Waals surface area contributed by atoms with Crippen LogP contribution >= 0.6 is 0 Å². The van der Waals surface area contributed by atoms with Crippen molar-refractivity contribution in [1.82, 2.24) is 0 Å². The van der Waals surface area contributed by atoms with E-state index in [1.54, 1.807) is 12.1 Å². The molecular weight excluding hydrogens is 242 g/mol. The zero-order valence-corrected chi connectivity index (χ0v) is 10.6. The van der Waals surface area contributed by atoms with Crippen LogP contribution in [0.2, 0.25) is 0 Å². The molecule has 2 rings (SSSR count). The summed E-state index contributed by atoms with van der Waals surface area (Å²) >= 11 is 0. The van der Waals surface area contributed by atoms with E-state index in [-0.39, 0.29) is 5.69 Å². The highest BCUT2D eigenvalue weighted by Crippen LogP contribution is 2.22. The summed E-state index contributed by atoms with van der Waals surface area (Å²) in [5.74, 6) is 0. The van der Waals surface area contributed by atoms with Crippen molar-refractivity contribution < 1.29 is 4.92 Å². The molecular formula is C14H15N3O2. The van der Waals surface area contributed by atoms with Gasteiger partial charge in [-0.05, 0) is 31.2 Å². The molecule has 2 aromatic carbocycles. The number of aryl methyl sites for hydroxylation is 1. The van der Waals surface area contributed by atoms with Gasteiger partial charge >= 0.3 is 0 Å². The minimum atomic E-state index is -0.414. The topological polar surface area (TPSA) is 81.2 Å². The van der Waals surface area contributed by atoms with Crippen LogP contribution in [0.1, 0.15) is 11.1 Å². The number of nitro benzene ring substituents is 1. The van der Waals surface area contributed by atoms with Crippen molar-refractivity contribution in [2.45, 2.75) is 13.5 Å². The highest BCUT2D eigenvalue weighted by Gasteiger charge is 2.13. The predicted octanol–water partition coefficient (Wildman–Crippen LogP) is 3.10. The van der Waals surface area contributed by atoms with Gasteiger partial charge in [0.2, 0.25) is 0 Å². The van der Waals surface area contributed by atoms with Gasteiger partial charge in [-0.25, -0.2) is 0 Å².